The van der Waals surface area contributed by atoms with Crippen LogP contribution in [0.4, 0.5) is 5.69 Å². The van der Waals surface area contributed by atoms with Crippen LogP contribution in [0.15, 0.2) is 64.6 Å². The summed E-state index contributed by atoms with van der Waals surface area (Å²) in [6.45, 7) is 0. The van der Waals surface area contributed by atoms with Crippen molar-refractivity contribution < 1.29 is 4.74 Å². The van der Waals surface area contributed by atoms with Crippen LogP contribution in [0.1, 0.15) is 0 Å². The van der Waals surface area contributed by atoms with Crippen molar-refractivity contribution in [2.75, 3.05) is 7.11 Å². The molecular weight excluding hydrogens is 282 g/mol. The topological polar surface area (TPSA) is 76.4 Å². The summed E-state index contributed by atoms with van der Waals surface area (Å²) < 4.78 is 6.40. The van der Waals surface area contributed by atoms with Gasteiger partial charge in [0.15, 0.2) is 5.69 Å². The zero-order chi connectivity index (χ0) is 15.5. The second-order valence-electron chi connectivity index (χ2n) is 4.63. The summed E-state index contributed by atoms with van der Waals surface area (Å²) in [7, 11) is 1.57. The van der Waals surface area contributed by atoms with Crippen molar-refractivity contribution in [1.82, 2.24) is 9.78 Å². The predicted octanol–water partition coefficient (Wildman–Crippen LogP) is 3.24. The summed E-state index contributed by atoms with van der Waals surface area (Å²) in [6, 6.07) is 16.0. The Balaban J connectivity index is 2.16. The van der Waals surface area contributed by atoms with E-state index in [2.05, 4.69) is 10.3 Å². The molecule has 0 unspecified atom stereocenters. The van der Waals surface area contributed by atoms with Gasteiger partial charge in [0.2, 0.25) is 0 Å². The zero-order valence-electron chi connectivity index (χ0n) is 11.8. The second-order valence-corrected chi connectivity index (χ2v) is 4.63. The molecule has 0 aliphatic heterocycles. The molecular formula is C16H13N3O3. The van der Waals surface area contributed by atoms with Gasteiger partial charge >= 0.3 is 5.56 Å². The van der Waals surface area contributed by atoms with Crippen molar-refractivity contribution in [3.8, 4) is 22.7 Å². The molecule has 0 aliphatic rings. The number of aromatic nitrogens is 2. The van der Waals surface area contributed by atoms with E-state index in [4.69, 9.17) is 4.74 Å². The van der Waals surface area contributed by atoms with Crippen molar-refractivity contribution in [3.63, 3.8) is 0 Å². The van der Waals surface area contributed by atoms with Crippen molar-refractivity contribution in [3.05, 3.63) is 69.9 Å². The first-order valence-electron chi connectivity index (χ1n) is 6.63. The molecule has 0 atom stereocenters. The molecule has 3 rings (SSSR count). The zero-order valence-corrected chi connectivity index (χ0v) is 11.8. The van der Waals surface area contributed by atoms with E-state index in [1.54, 1.807) is 43.5 Å². The highest BCUT2D eigenvalue weighted by molar-refractivity contribution is 5.72. The van der Waals surface area contributed by atoms with Crippen LogP contribution in [0.3, 0.4) is 0 Å². The summed E-state index contributed by atoms with van der Waals surface area (Å²) in [6.07, 6.45) is 0. The third-order valence-electron chi connectivity index (χ3n) is 3.35. The number of nitroso groups, excluding NO2 is 1. The first kappa shape index (κ1) is 13.8. The Bertz CT molecular complexity index is 849. The Kier molecular flexibility index (Phi) is 3.57. The molecule has 1 N–H and O–H groups in total. The molecule has 1 heterocycles. The van der Waals surface area contributed by atoms with E-state index in [0.717, 1.165) is 0 Å². The van der Waals surface area contributed by atoms with Crippen molar-refractivity contribution in [2.45, 2.75) is 0 Å². The van der Waals surface area contributed by atoms with Crippen LogP contribution in [-0.4, -0.2) is 16.9 Å². The largest absolute Gasteiger partial charge is 0.497 e. The minimum Gasteiger partial charge on any atom is -0.497 e. The lowest BCUT2D eigenvalue weighted by Crippen LogP contribution is -2.13. The summed E-state index contributed by atoms with van der Waals surface area (Å²) in [5.41, 5.74) is 1.08. The molecule has 0 fully saturated rings. The molecule has 0 saturated carbocycles. The summed E-state index contributed by atoms with van der Waals surface area (Å²) in [5, 5.41) is 5.83. The van der Waals surface area contributed by atoms with Crippen LogP contribution in [0.5, 0.6) is 5.75 Å². The highest BCUT2D eigenvalue weighted by atomic mass is 16.5. The average Bonchev–Trinajstić information content (AvgIpc) is 2.92. The Morgan fingerprint density at radius 2 is 1.73 bits per heavy atom. The first-order valence-corrected chi connectivity index (χ1v) is 6.63. The van der Waals surface area contributed by atoms with Crippen LogP contribution < -0.4 is 10.3 Å². The van der Waals surface area contributed by atoms with E-state index in [-0.39, 0.29) is 5.69 Å². The van der Waals surface area contributed by atoms with E-state index in [9.17, 15) is 9.70 Å². The molecule has 6 heteroatoms. The molecule has 3 aromatic rings. The number of nitrogens with zero attached hydrogens (tertiary/aromatic N) is 2. The lowest BCUT2D eigenvalue weighted by Gasteiger charge is -2.03. The standard InChI is InChI=1S/C16H13N3O3/c1-22-13-9-7-11(8-10-13)14-15(18-21)16(20)19(17-14)12-5-3-2-4-6-12/h2-10,17H,1H3. The number of hydrogen-bond acceptors (Lipinski definition) is 4. The second kappa shape index (κ2) is 5.69. The molecule has 22 heavy (non-hydrogen) atoms. The monoisotopic (exact) mass is 295 g/mol. The number of para-hydroxylation sites is 1. The number of benzene rings is 2. The number of H-pyrrole nitrogens is 1. The van der Waals surface area contributed by atoms with Gasteiger partial charge in [-0.2, -0.15) is 0 Å². The number of ether oxygens (including phenoxy) is 1. The van der Waals surface area contributed by atoms with Gasteiger partial charge in [0.05, 0.1) is 18.5 Å². The Labute approximate surface area is 125 Å². The Hall–Kier alpha value is -3.15. The van der Waals surface area contributed by atoms with Gasteiger partial charge < -0.3 is 4.74 Å². The minimum atomic E-state index is -0.480. The van der Waals surface area contributed by atoms with E-state index >= 15 is 0 Å². The van der Waals surface area contributed by atoms with E-state index < -0.39 is 5.56 Å². The van der Waals surface area contributed by atoms with Crippen molar-refractivity contribution >= 4 is 5.69 Å². The summed E-state index contributed by atoms with van der Waals surface area (Å²) in [5.74, 6) is 0.689. The molecule has 0 saturated heterocycles. The summed E-state index contributed by atoms with van der Waals surface area (Å²) >= 11 is 0. The highest BCUT2D eigenvalue weighted by Crippen LogP contribution is 2.27. The lowest BCUT2D eigenvalue weighted by molar-refractivity contribution is 0.415. The fourth-order valence-electron chi connectivity index (χ4n) is 2.23. The van der Waals surface area contributed by atoms with Crippen molar-refractivity contribution in [1.29, 1.82) is 0 Å². The van der Waals surface area contributed by atoms with Gasteiger partial charge in [-0.05, 0) is 41.6 Å². The number of hydrogen-bond donors (Lipinski definition) is 1. The van der Waals surface area contributed by atoms with Gasteiger partial charge in [0.1, 0.15) is 5.75 Å². The minimum absolute atomic E-state index is 0.144. The number of nitrogens with one attached hydrogen (secondary N) is 1. The van der Waals surface area contributed by atoms with Crippen LogP contribution in [0, 0.1) is 4.91 Å². The SMILES string of the molecule is COc1ccc(-c2[nH]n(-c3ccccc3)c(=O)c2N=O)cc1. The highest BCUT2D eigenvalue weighted by Gasteiger charge is 2.17. The molecule has 0 amide bonds. The maximum atomic E-state index is 12.3. The Morgan fingerprint density at radius 3 is 2.32 bits per heavy atom. The third-order valence-corrected chi connectivity index (χ3v) is 3.35. The van der Waals surface area contributed by atoms with E-state index in [1.807, 2.05) is 18.2 Å². The van der Waals surface area contributed by atoms with Crippen LogP contribution in [0.2, 0.25) is 0 Å². The molecule has 0 bridgehead atoms. The van der Waals surface area contributed by atoms with Gasteiger partial charge in [-0.3, -0.25) is 9.89 Å². The van der Waals surface area contributed by atoms with Gasteiger partial charge in [-0.1, -0.05) is 18.2 Å². The summed E-state index contributed by atoms with van der Waals surface area (Å²) in [4.78, 5) is 23.4. The Morgan fingerprint density at radius 1 is 1.05 bits per heavy atom. The molecule has 2 aromatic carbocycles. The average molecular weight is 295 g/mol. The van der Waals surface area contributed by atoms with Crippen LogP contribution in [0.25, 0.3) is 16.9 Å². The molecule has 6 nitrogen and oxygen atoms in total. The van der Waals surface area contributed by atoms with Crippen LogP contribution >= 0.6 is 0 Å². The van der Waals surface area contributed by atoms with Crippen molar-refractivity contribution in [2.24, 2.45) is 5.18 Å². The quantitative estimate of drug-likeness (QED) is 0.751. The van der Waals surface area contributed by atoms with Gasteiger partial charge in [0.25, 0.3) is 0 Å². The van der Waals surface area contributed by atoms with E-state index in [1.165, 1.54) is 4.68 Å². The molecule has 0 radical (unpaired) electrons. The molecule has 1 aromatic heterocycles. The molecule has 0 aliphatic carbocycles. The maximum Gasteiger partial charge on any atom is 0.301 e. The normalized spacial score (nSPS) is 10.4. The van der Waals surface area contributed by atoms with Gasteiger partial charge in [-0.25, -0.2) is 4.68 Å². The fourth-order valence-corrected chi connectivity index (χ4v) is 2.23. The first-order chi connectivity index (χ1) is 10.7. The lowest BCUT2D eigenvalue weighted by atomic mass is 10.1. The van der Waals surface area contributed by atoms with Gasteiger partial charge in [0, 0.05) is 5.56 Å². The predicted molar refractivity (Wildman–Crippen MR) is 83.8 cm³/mol. The number of rotatable bonds is 4. The van der Waals surface area contributed by atoms with Gasteiger partial charge in [-0.15, -0.1) is 4.91 Å². The smallest absolute Gasteiger partial charge is 0.301 e. The molecule has 110 valence electrons. The van der Waals surface area contributed by atoms with Crippen LogP contribution in [-0.2, 0) is 0 Å². The van der Waals surface area contributed by atoms with E-state index in [0.29, 0.717) is 22.7 Å². The third kappa shape index (κ3) is 2.31. The fraction of sp³-hybridized carbons (Fsp3) is 0.0625. The number of aromatic amines is 1. The molecule has 0 spiro atoms. The number of methoxy groups -OCH3 is 1. The maximum absolute atomic E-state index is 12.3.